The first-order valence-corrected chi connectivity index (χ1v) is 12.2. The number of halogens is 2. The van der Waals surface area contributed by atoms with Crippen LogP contribution in [0.25, 0.3) is 16.6 Å². The highest BCUT2D eigenvalue weighted by atomic mass is 19.1. The number of aromatic nitrogens is 4. The Morgan fingerprint density at radius 2 is 1.97 bits per heavy atom. The third-order valence-electron chi connectivity index (χ3n) is 6.46. The zero-order valence-electron chi connectivity index (χ0n) is 20.2. The molecule has 0 radical (unpaired) electrons. The summed E-state index contributed by atoms with van der Waals surface area (Å²) in [6.45, 7) is 2.25. The molecule has 1 saturated heterocycles. The summed E-state index contributed by atoms with van der Waals surface area (Å²) in [7, 11) is 0. The predicted molar refractivity (Wildman–Crippen MR) is 140 cm³/mol. The molecular formula is C27H28F2N8. The fourth-order valence-electron chi connectivity index (χ4n) is 4.41. The Labute approximate surface area is 213 Å². The predicted octanol–water partition coefficient (Wildman–Crippen LogP) is 4.17. The first-order valence-electron chi connectivity index (χ1n) is 12.2. The minimum atomic E-state index is -0.577. The second-order valence-corrected chi connectivity index (χ2v) is 9.06. The Morgan fingerprint density at radius 1 is 1.11 bits per heavy atom. The Kier molecular flexibility index (Phi) is 7.46. The van der Waals surface area contributed by atoms with Crippen LogP contribution in [0.15, 0.2) is 55.3 Å². The van der Waals surface area contributed by atoms with Crippen LogP contribution < -0.4 is 16.0 Å². The number of nitrogens with one attached hydrogen (secondary N) is 5. The van der Waals surface area contributed by atoms with Crippen LogP contribution >= 0.6 is 0 Å². The van der Waals surface area contributed by atoms with Crippen molar-refractivity contribution >= 4 is 28.6 Å². The fraction of sp³-hybridized carbons (Fsp3) is 0.259. The lowest BCUT2D eigenvalue weighted by molar-refractivity contribution is 0.420. The summed E-state index contributed by atoms with van der Waals surface area (Å²) in [5.41, 5.74) is 4.21. The molecule has 0 aromatic carbocycles. The topological polar surface area (TPSA) is 114 Å². The number of anilines is 1. The van der Waals surface area contributed by atoms with E-state index >= 15 is 0 Å². The highest BCUT2D eigenvalue weighted by Gasteiger charge is 2.14. The molecule has 190 valence electrons. The Bertz CT molecular complexity index is 1430. The van der Waals surface area contributed by atoms with E-state index in [0.717, 1.165) is 54.2 Å². The summed E-state index contributed by atoms with van der Waals surface area (Å²) in [5, 5.41) is 18.5. The van der Waals surface area contributed by atoms with Crippen molar-refractivity contribution in [3.05, 3.63) is 89.3 Å². The van der Waals surface area contributed by atoms with Crippen LogP contribution in [0.3, 0.4) is 0 Å². The van der Waals surface area contributed by atoms with Crippen molar-refractivity contribution in [2.24, 2.45) is 0 Å². The Balaban J connectivity index is 1.31. The molecule has 4 aromatic heterocycles. The van der Waals surface area contributed by atoms with Crippen molar-refractivity contribution < 1.29 is 8.78 Å². The monoisotopic (exact) mass is 502 g/mol. The van der Waals surface area contributed by atoms with Crippen molar-refractivity contribution in [2.75, 3.05) is 18.4 Å². The summed E-state index contributed by atoms with van der Waals surface area (Å²) >= 11 is 0. The number of pyridine rings is 3. The minimum absolute atomic E-state index is 0.281. The lowest BCUT2D eigenvalue weighted by atomic mass is 10.0. The van der Waals surface area contributed by atoms with Gasteiger partial charge < -0.3 is 26.3 Å². The van der Waals surface area contributed by atoms with Crippen molar-refractivity contribution in [3.8, 4) is 0 Å². The molecular weight excluding hydrogens is 474 g/mol. The van der Waals surface area contributed by atoms with Gasteiger partial charge in [-0.15, -0.1) is 0 Å². The fourth-order valence-corrected chi connectivity index (χ4v) is 4.41. The molecule has 4 aromatic rings. The number of nitrogens with zero attached hydrogens (tertiary/aromatic N) is 3. The summed E-state index contributed by atoms with van der Waals surface area (Å²) < 4.78 is 28.2. The molecule has 5 rings (SSSR count). The lowest BCUT2D eigenvalue weighted by Gasteiger charge is -2.23. The minimum Gasteiger partial charge on any atom is -0.388 e. The third-order valence-corrected chi connectivity index (χ3v) is 6.46. The van der Waals surface area contributed by atoms with Gasteiger partial charge in [-0.25, -0.2) is 14.4 Å². The molecule has 0 unspecified atom stereocenters. The second-order valence-electron chi connectivity index (χ2n) is 9.06. The van der Waals surface area contributed by atoms with Crippen LogP contribution in [0.4, 0.5) is 14.6 Å². The average molecular weight is 503 g/mol. The molecule has 1 fully saturated rings. The van der Waals surface area contributed by atoms with E-state index in [1.807, 2.05) is 18.5 Å². The molecule has 0 amide bonds. The molecule has 0 saturated carbocycles. The van der Waals surface area contributed by atoms with E-state index in [2.05, 4.69) is 35.9 Å². The number of rotatable bonds is 9. The highest BCUT2D eigenvalue weighted by Crippen LogP contribution is 2.24. The number of hydrogen-bond acceptors (Lipinski definition) is 7. The van der Waals surface area contributed by atoms with Crippen molar-refractivity contribution in [3.63, 3.8) is 0 Å². The van der Waals surface area contributed by atoms with E-state index in [0.29, 0.717) is 35.1 Å². The van der Waals surface area contributed by atoms with Crippen LogP contribution in [0.2, 0.25) is 0 Å². The zero-order chi connectivity index (χ0) is 25.6. The molecule has 37 heavy (non-hydrogen) atoms. The standard InChI is InChI=1S/C27H28F2N8/c28-22-7-17(11-32-16-22)12-34-25-2-1-18(26(29)37-25)8-20-14-36-27-24(20)9-19(13-35-27)21(10-30)15-33-23-3-5-31-6-4-23/h1-2,7,9-11,13-16,23,30-31,33H,3-6,8,12H2,(H,34,37)(H,35,36)/b21-15+,30-10?. The van der Waals surface area contributed by atoms with E-state index in [4.69, 9.17) is 5.41 Å². The maximum absolute atomic E-state index is 14.9. The Hall–Kier alpha value is -4.18. The van der Waals surface area contributed by atoms with E-state index in [9.17, 15) is 8.78 Å². The summed E-state index contributed by atoms with van der Waals surface area (Å²) in [4.78, 5) is 15.5. The average Bonchev–Trinajstić information content (AvgIpc) is 3.32. The number of aromatic amines is 1. The third kappa shape index (κ3) is 5.97. The number of hydrogen-bond donors (Lipinski definition) is 5. The van der Waals surface area contributed by atoms with Crippen LogP contribution in [0.5, 0.6) is 0 Å². The molecule has 1 aliphatic rings. The first kappa shape index (κ1) is 24.5. The smallest absolute Gasteiger partial charge is 0.218 e. The van der Waals surface area contributed by atoms with E-state index in [-0.39, 0.29) is 6.54 Å². The van der Waals surface area contributed by atoms with Gasteiger partial charge in [0.15, 0.2) is 0 Å². The first-order chi connectivity index (χ1) is 18.1. The maximum Gasteiger partial charge on any atom is 0.218 e. The molecule has 1 aliphatic heterocycles. The van der Waals surface area contributed by atoms with Crippen molar-refractivity contribution in [1.29, 1.82) is 5.41 Å². The molecule has 0 spiro atoms. The van der Waals surface area contributed by atoms with Crippen LogP contribution in [0, 0.1) is 17.2 Å². The van der Waals surface area contributed by atoms with Crippen LogP contribution in [-0.2, 0) is 13.0 Å². The van der Waals surface area contributed by atoms with Gasteiger partial charge in [0.2, 0.25) is 5.95 Å². The van der Waals surface area contributed by atoms with Crippen molar-refractivity contribution in [1.82, 2.24) is 30.6 Å². The number of fused-ring (bicyclic) bond motifs is 1. The lowest BCUT2D eigenvalue weighted by Crippen LogP contribution is -2.37. The van der Waals surface area contributed by atoms with Gasteiger partial charge in [0, 0.05) is 72.1 Å². The summed E-state index contributed by atoms with van der Waals surface area (Å²) in [5.74, 6) is -0.645. The van der Waals surface area contributed by atoms with E-state index < -0.39 is 11.8 Å². The molecule has 0 atom stereocenters. The number of piperidine rings is 1. The van der Waals surface area contributed by atoms with Crippen LogP contribution in [0.1, 0.15) is 35.1 Å². The van der Waals surface area contributed by atoms with Gasteiger partial charge in [-0.05, 0) is 55.3 Å². The molecule has 10 heteroatoms. The number of H-pyrrole nitrogens is 1. The van der Waals surface area contributed by atoms with Gasteiger partial charge in [0.1, 0.15) is 17.3 Å². The molecule has 0 aliphatic carbocycles. The quantitative estimate of drug-likeness (QED) is 0.173. The highest BCUT2D eigenvalue weighted by molar-refractivity contribution is 6.09. The van der Waals surface area contributed by atoms with Gasteiger partial charge in [-0.1, -0.05) is 6.07 Å². The van der Waals surface area contributed by atoms with Gasteiger partial charge in [0.05, 0.1) is 6.20 Å². The molecule has 5 heterocycles. The van der Waals surface area contributed by atoms with Gasteiger partial charge in [0.25, 0.3) is 0 Å². The summed E-state index contributed by atoms with van der Waals surface area (Å²) in [6, 6.07) is 7.12. The second kappa shape index (κ2) is 11.3. The number of allylic oxidation sites excluding steroid dienone is 1. The largest absolute Gasteiger partial charge is 0.388 e. The Morgan fingerprint density at radius 3 is 2.76 bits per heavy atom. The van der Waals surface area contributed by atoms with Gasteiger partial charge in [-0.2, -0.15) is 4.39 Å². The normalized spacial score (nSPS) is 14.6. The van der Waals surface area contributed by atoms with E-state index in [1.54, 1.807) is 24.5 Å². The summed E-state index contributed by atoms with van der Waals surface area (Å²) in [6.07, 6.45) is 11.8. The molecule has 0 bridgehead atoms. The van der Waals surface area contributed by atoms with Crippen molar-refractivity contribution in [2.45, 2.75) is 31.8 Å². The molecule has 8 nitrogen and oxygen atoms in total. The SMILES string of the molecule is N=C/C(=C\NC1CCNCC1)c1cnc2[nH]cc(Cc3ccc(NCc4cncc(F)c4)nc3F)c2c1. The van der Waals surface area contributed by atoms with Crippen LogP contribution in [-0.4, -0.2) is 45.3 Å². The molecule has 5 N–H and O–H groups in total. The van der Waals surface area contributed by atoms with Gasteiger partial charge >= 0.3 is 0 Å². The van der Waals surface area contributed by atoms with E-state index in [1.165, 1.54) is 12.3 Å². The zero-order valence-corrected chi connectivity index (χ0v) is 20.2. The maximum atomic E-state index is 14.9. The van der Waals surface area contributed by atoms with Gasteiger partial charge in [-0.3, -0.25) is 4.98 Å².